The number of benzene rings is 1. The van der Waals surface area contributed by atoms with Gasteiger partial charge in [0.2, 0.25) is 5.91 Å². The lowest BCUT2D eigenvalue weighted by Gasteiger charge is -2.23. The van der Waals surface area contributed by atoms with Gasteiger partial charge < -0.3 is 10.1 Å². The van der Waals surface area contributed by atoms with Crippen molar-refractivity contribution in [3.63, 3.8) is 0 Å². The first-order valence-electron chi connectivity index (χ1n) is 8.15. The van der Waals surface area contributed by atoms with Gasteiger partial charge in [-0.15, -0.1) is 11.3 Å². The number of aromatic amines is 1. The molecule has 1 amide bonds. The number of thiophene rings is 1. The Bertz CT molecular complexity index is 1100. The van der Waals surface area contributed by atoms with Crippen LogP contribution in [0.4, 0.5) is 10.8 Å². The van der Waals surface area contributed by atoms with Crippen molar-refractivity contribution in [1.82, 2.24) is 0 Å². The molecule has 0 aliphatic carbocycles. The minimum atomic E-state index is -0.106. The fourth-order valence-corrected chi connectivity index (χ4v) is 4.76. The highest BCUT2D eigenvalue weighted by atomic mass is 32.1. The van der Waals surface area contributed by atoms with Crippen LogP contribution in [0.5, 0.6) is 5.75 Å². The van der Waals surface area contributed by atoms with Crippen LogP contribution in [0.2, 0.25) is 0 Å². The Morgan fingerprint density at radius 2 is 2.27 bits per heavy atom. The monoisotopic (exact) mass is 365 g/mol. The summed E-state index contributed by atoms with van der Waals surface area (Å²) >= 11 is 1.48. The lowest BCUT2D eigenvalue weighted by atomic mass is 9.86. The molecule has 7 heteroatoms. The number of pyridine rings is 1. The third-order valence-electron chi connectivity index (χ3n) is 4.79. The summed E-state index contributed by atoms with van der Waals surface area (Å²) in [7, 11) is 1.62. The highest BCUT2D eigenvalue weighted by Crippen LogP contribution is 2.47. The van der Waals surface area contributed by atoms with Crippen LogP contribution in [-0.4, -0.2) is 13.0 Å². The second-order valence-corrected chi connectivity index (χ2v) is 7.30. The predicted molar refractivity (Wildman–Crippen MR) is 100 cm³/mol. The molecule has 0 radical (unpaired) electrons. The molecular weight excluding hydrogens is 348 g/mol. The van der Waals surface area contributed by atoms with E-state index < -0.39 is 0 Å². The molecule has 2 aromatic heterocycles. The van der Waals surface area contributed by atoms with Crippen LogP contribution < -0.4 is 20.8 Å². The van der Waals surface area contributed by atoms with E-state index in [-0.39, 0.29) is 11.8 Å². The molecule has 26 heavy (non-hydrogen) atoms. The molecule has 0 fully saturated rings. The maximum Gasteiger partial charge on any atom is 0.289 e. The summed E-state index contributed by atoms with van der Waals surface area (Å²) in [5.74, 6) is 0.967. The summed E-state index contributed by atoms with van der Waals surface area (Å²) in [6.07, 6.45) is 0.346. The molecular formula is C19H17N4O2S+. The average Bonchev–Trinajstić information content (AvgIpc) is 2.99. The van der Waals surface area contributed by atoms with Crippen molar-refractivity contribution in [2.45, 2.75) is 19.3 Å². The van der Waals surface area contributed by atoms with Crippen LogP contribution in [0.25, 0.3) is 10.2 Å². The van der Waals surface area contributed by atoms with E-state index in [0.29, 0.717) is 17.8 Å². The number of H-pyrrole nitrogens is 1. The van der Waals surface area contributed by atoms with E-state index in [9.17, 15) is 10.1 Å². The number of anilines is 2. The van der Waals surface area contributed by atoms with Gasteiger partial charge in [-0.25, -0.2) is 4.98 Å². The summed E-state index contributed by atoms with van der Waals surface area (Å²) in [5.41, 5.74) is 10.2. The third-order valence-corrected chi connectivity index (χ3v) is 6.03. The number of carbonyl (C=O) groups excluding carboxylic acids is 1. The van der Waals surface area contributed by atoms with Crippen molar-refractivity contribution < 1.29 is 14.5 Å². The van der Waals surface area contributed by atoms with Crippen LogP contribution >= 0.6 is 11.3 Å². The topological polar surface area (TPSA) is 102 Å². The number of rotatable bonds is 2. The van der Waals surface area contributed by atoms with Crippen molar-refractivity contribution in [2.24, 2.45) is 0 Å². The molecule has 6 nitrogen and oxygen atoms in total. The van der Waals surface area contributed by atoms with E-state index in [1.807, 2.05) is 31.2 Å². The number of aromatic nitrogens is 1. The summed E-state index contributed by atoms with van der Waals surface area (Å²) in [6, 6.07) is 9.91. The first kappa shape index (κ1) is 16.4. The first-order chi connectivity index (χ1) is 12.5. The number of aryl methyl sites for hydroxylation is 1. The number of amides is 1. The number of nitrogens with two attached hydrogens (primary N) is 1. The zero-order valence-corrected chi connectivity index (χ0v) is 15.2. The number of hydrogen-bond acceptors (Lipinski definition) is 5. The van der Waals surface area contributed by atoms with Gasteiger partial charge in [0.15, 0.2) is 0 Å². The summed E-state index contributed by atoms with van der Waals surface area (Å²) < 4.78 is 6.28. The predicted octanol–water partition coefficient (Wildman–Crippen LogP) is 2.96. The maximum absolute atomic E-state index is 12.3. The Balaban J connectivity index is 1.99. The van der Waals surface area contributed by atoms with Crippen molar-refractivity contribution in [1.29, 1.82) is 5.26 Å². The minimum absolute atomic E-state index is 0.0250. The fourth-order valence-electron chi connectivity index (χ4n) is 3.52. The molecule has 1 aromatic carbocycles. The Kier molecular flexibility index (Phi) is 3.78. The number of ether oxygens (including phenoxy) is 1. The molecule has 3 heterocycles. The molecule has 130 valence electrons. The lowest BCUT2D eigenvalue weighted by Crippen LogP contribution is -2.24. The zero-order chi connectivity index (χ0) is 18.4. The SMILES string of the molecule is COc1cccc([C@@H]2CC(=O)Nc3sc4c(C)c(C#N)c(N)[nH+]c4c32)c1. The molecule has 0 bridgehead atoms. The number of methoxy groups -OCH3 is 1. The molecule has 1 aliphatic rings. The van der Waals surface area contributed by atoms with E-state index in [1.54, 1.807) is 7.11 Å². The van der Waals surface area contributed by atoms with Gasteiger partial charge in [-0.3, -0.25) is 10.5 Å². The normalized spacial score (nSPS) is 16.0. The molecule has 0 unspecified atom stereocenters. The molecule has 0 saturated carbocycles. The molecule has 4 N–H and O–H groups in total. The quantitative estimate of drug-likeness (QED) is 0.729. The highest BCUT2D eigenvalue weighted by molar-refractivity contribution is 7.23. The van der Waals surface area contributed by atoms with Crippen LogP contribution in [0.1, 0.15) is 34.6 Å². The lowest BCUT2D eigenvalue weighted by molar-refractivity contribution is -0.327. The largest absolute Gasteiger partial charge is 0.497 e. The van der Waals surface area contributed by atoms with Gasteiger partial charge in [0.1, 0.15) is 27.9 Å². The molecule has 0 spiro atoms. The van der Waals surface area contributed by atoms with E-state index in [4.69, 9.17) is 10.5 Å². The number of nitriles is 1. The first-order valence-corrected chi connectivity index (χ1v) is 8.96. The van der Waals surface area contributed by atoms with Gasteiger partial charge in [-0.05, 0) is 30.2 Å². The van der Waals surface area contributed by atoms with E-state index in [0.717, 1.165) is 37.7 Å². The maximum atomic E-state index is 12.3. The smallest absolute Gasteiger partial charge is 0.289 e. The molecule has 4 rings (SSSR count). The summed E-state index contributed by atoms with van der Waals surface area (Å²) in [4.78, 5) is 15.5. The van der Waals surface area contributed by atoms with Gasteiger partial charge >= 0.3 is 0 Å². The number of carbonyl (C=O) groups is 1. The number of nitrogens with zero attached hydrogens (tertiary/aromatic N) is 1. The molecule has 1 atom stereocenters. The highest BCUT2D eigenvalue weighted by Gasteiger charge is 2.33. The van der Waals surface area contributed by atoms with Crippen molar-refractivity contribution in [2.75, 3.05) is 18.2 Å². The number of nitrogen functional groups attached to an aromatic ring is 1. The van der Waals surface area contributed by atoms with Gasteiger partial charge in [0.05, 0.1) is 11.8 Å². The van der Waals surface area contributed by atoms with Crippen LogP contribution in [0, 0.1) is 18.3 Å². The van der Waals surface area contributed by atoms with Crippen molar-refractivity contribution in [3.8, 4) is 11.8 Å². The summed E-state index contributed by atoms with van der Waals surface area (Å²) in [6.45, 7) is 1.88. The summed E-state index contributed by atoms with van der Waals surface area (Å²) in [5, 5.41) is 13.1. The number of fused-ring (bicyclic) bond motifs is 3. The van der Waals surface area contributed by atoms with Crippen molar-refractivity contribution in [3.05, 3.63) is 46.5 Å². The Morgan fingerprint density at radius 1 is 1.46 bits per heavy atom. The average molecular weight is 365 g/mol. The van der Waals surface area contributed by atoms with Crippen LogP contribution in [0.15, 0.2) is 24.3 Å². The van der Waals surface area contributed by atoms with Gasteiger partial charge in [-0.1, -0.05) is 12.1 Å². The molecule has 3 aromatic rings. The Hall–Kier alpha value is -3.11. The Morgan fingerprint density at radius 3 is 3.00 bits per heavy atom. The molecule has 0 saturated heterocycles. The van der Waals surface area contributed by atoms with E-state index >= 15 is 0 Å². The zero-order valence-electron chi connectivity index (χ0n) is 14.3. The van der Waals surface area contributed by atoms with E-state index in [1.165, 1.54) is 11.3 Å². The van der Waals surface area contributed by atoms with Crippen LogP contribution in [0.3, 0.4) is 0 Å². The van der Waals surface area contributed by atoms with Gasteiger partial charge in [0.25, 0.3) is 5.82 Å². The standard InChI is InChI=1S/C19H16N4O2S/c1-9-13(8-20)18(21)23-16-15-12(10-4-3-5-11(6-10)25-2)7-14(24)22-19(15)26-17(9)16/h3-6,12H,7H2,1-2H3,(H2,21,23)(H,22,24)/p+1/t12-/m0/s1. The Labute approximate surface area is 154 Å². The number of nitrogens with one attached hydrogen (secondary N) is 2. The fraction of sp³-hybridized carbons (Fsp3) is 0.211. The van der Waals surface area contributed by atoms with Gasteiger partial charge in [0, 0.05) is 17.9 Å². The van der Waals surface area contributed by atoms with E-state index in [2.05, 4.69) is 16.4 Å². The molecule has 1 aliphatic heterocycles. The van der Waals surface area contributed by atoms with Gasteiger partial charge in [-0.2, -0.15) is 5.26 Å². The second kappa shape index (κ2) is 6.00. The minimum Gasteiger partial charge on any atom is -0.497 e. The third kappa shape index (κ3) is 2.38. The second-order valence-electron chi connectivity index (χ2n) is 6.28. The number of hydrogen-bond donors (Lipinski definition) is 2. The van der Waals surface area contributed by atoms with Crippen LogP contribution in [-0.2, 0) is 4.79 Å². The van der Waals surface area contributed by atoms with Crippen molar-refractivity contribution >= 4 is 38.3 Å².